The summed E-state index contributed by atoms with van der Waals surface area (Å²) in [7, 11) is 0. The fraction of sp³-hybridized carbons (Fsp3) is 0.417. The van der Waals surface area contributed by atoms with Crippen molar-refractivity contribution in [2.45, 2.75) is 18.9 Å². The molecule has 1 heterocycles. The number of carbonyl (C=O) groups is 1. The molecular formula is C12H16FN3O. The van der Waals surface area contributed by atoms with Crippen molar-refractivity contribution in [2.24, 2.45) is 0 Å². The summed E-state index contributed by atoms with van der Waals surface area (Å²) in [6.07, 6.45) is 0.955. The van der Waals surface area contributed by atoms with Gasteiger partial charge in [0.1, 0.15) is 5.82 Å². The second-order valence-electron chi connectivity index (χ2n) is 4.16. The van der Waals surface area contributed by atoms with Crippen LogP contribution in [0, 0.1) is 5.82 Å². The van der Waals surface area contributed by atoms with E-state index >= 15 is 0 Å². The summed E-state index contributed by atoms with van der Waals surface area (Å²) >= 11 is 0. The molecule has 1 aromatic carbocycles. The van der Waals surface area contributed by atoms with E-state index < -0.39 is 0 Å². The molecule has 0 spiro atoms. The molecule has 0 saturated carbocycles. The number of aryl methyl sites for hydroxylation is 1. The van der Waals surface area contributed by atoms with Crippen molar-refractivity contribution >= 4 is 5.91 Å². The van der Waals surface area contributed by atoms with E-state index in [-0.39, 0.29) is 17.8 Å². The highest BCUT2D eigenvalue weighted by Crippen LogP contribution is 2.06. The lowest BCUT2D eigenvalue weighted by Crippen LogP contribution is -2.38. The Labute approximate surface area is 99.6 Å². The Morgan fingerprint density at radius 2 is 2.18 bits per heavy atom. The Kier molecular flexibility index (Phi) is 4.06. The first-order valence-corrected chi connectivity index (χ1v) is 5.73. The molecule has 0 atom stereocenters. The first kappa shape index (κ1) is 12.0. The SMILES string of the molecule is O=C(CCc1cccc(F)c1)NC1CNNC1. The summed E-state index contributed by atoms with van der Waals surface area (Å²) in [6, 6.07) is 6.50. The highest BCUT2D eigenvalue weighted by Gasteiger charge is 2.15. The quantitative estimate of drug-likeness (QED) is 0.708. The van der Waals surface area contributed by atoms with Crippen LogP contribution in [-0.2, 0) is 11.2 Å². The monoisotopic (exact) mass is 237 g/mol. The first-order valence-electron chi connectivity index (χ1n) is 5.73. The van der Waals surface area contributed by atoms with Crippen LogP contribution in [0.1, 0.15) is 12.0 Å². The van der Waals surface area contributed by atoms with Gasteiger partial charge in [-0.05, 0) is 24.1 Å². The number of hydrogen-bond acceptors (Lipinski definition) is 3. The standard InChI is InChI=1S/C12H16FN3O/c13-10-3-1-2-9(6-10)4-5-12(17)16-11-7-14-15-8-11/h1-3,6,11,14-15H,4-5,7-8H2,(H,16,17). The molecule has 1 fully saturated rings. The maximum absolute atomic E-state index is 12.9. The molecule has 3 N–H and O–H groups in total. The second-order valence-corrected chi connectivity index (χ2v) is 4.16. The third-order valence-electron chi connectivity index (χ3n) is 2.72. The number of nitrogens with one attached hydrogen (secondary N) is 3. The van der Waals surface area contributed by atoms with Gasteiger partial charge in [0.15, 0.2) is 0 Å². The normalized spacial score (nSPS) is 16.1. The lowest BCUT2D eigenvalue weighted by atomic mass is 10.1. The van der Waals surface area contributed by atoms with Crippen molar-refractivity contribution in [1.29, 1.82) is 0 Å². The third-order valence-corrected chi connectivity index (χ3v) is 2.72. The zero-order chi connectivity index (χ0) is 12.1. The predicted molar refractivity (Wildman–Crippen MR) is 62.7 cm³/mol. The van der Waals surface area contributed by atoms with Crippen molar-refractivity contribution in [3.05, 3.63) is 35.6 Å². The van der Waals surface area contributed by atoms with Crippen LogP contribution in [0.3, 0.4) is 0 Å². The minimum Gasteiger partial charge on any atom is -0.351 e. The van der Waals surface area contributed by atoms with Crippen LogP contribution in [0.4, 0.5) is 4.39 Å². The molecule has 0 aromatic heterocycles. The summed E-state index contributed by atoms with van der Waals surface area (Å²) in [4.78, 5) is 11.6. The number of hydrogen-bond donors (Lipinski definition) is 3. The van der Waals surface area contributed by atoms with Crippen LogP contribution in [0.2, 0.25) is 0 Å². The Morgan fingerprint density at radius 3 is 2.88 bits per heavy atom. The highest BCUT2D eigenvalue weighted by atomic mass is 19.1. The van der Waals surface area contributed by atoms with Crippen LogP contribution in [0.5, 0.6) is 0 Å². The predicted octanol–water partition coefficient (Wildman–Crippen LogP) is 0.351. The van der Waals surface area contributed by atoms with E-state index in [2.05, 4.69) is 16.2 Å². The maximum atomic E-state index is 12.9. The topological polar surface area (TPSA) is 53.2 Å². The van der Waals surface area contributed by atoms with Gasteiger partial charge in [-0.1, -0.05) is 12.1 Å². The number of benzene rings is 1. The van der Waals surface area contributed by atoms with E-state index in [0.717, 1.165) is 18.7 Å². The minimum absolute atomic E-state index is 0.00441. The van der Waals surface area contributed by atoms with Gasteiger partial charge in [-0.2, -0.15) is 0 Å². The Morgan fingerprint density at radius 1 is 1.41 bits per heavy atom. The van der Waals surface area contributed by atoms with Crippen LogP contribution >= 0.6 is 0 Å². The van der Waals surface area contributed by atoms with E-state index in [4.69, 9.17) is 0 Å². The minimum atomic E-state index is -0.257. The van der Waals surface area contributed by atoms with Crippen molar-refractivity contribution in [3.63, 3.8) is 0 Å². The van der Waals surface area contributed by atoms with Crippen LogP contribution < -0.4 is 16.2 Å². The smallest absolute Gasteiger partial charge is 0.220 e. The van der Waals surface area contributed by atoms with Gasteiger partial charge in [0.2, 0.25) is 5.91 Å². The van der Waals surface area contributed by atoms with Gasteiger partial charge in [-0.3, -0.25) is 15.6 Å². The molecule has 4 nitrogen and oxygen atoms in total. The van der Waals surface area contributed by atoms with Gasteiger partial charge in [0.25, 0.3) is 0 Å². The molecule has 92 valence electrons. The van der Waals surface area contributed by atoms with E-state index in [0.29, 0.717) is 12.8 Å². The zero-order valence-corrected chi connectivity index (χ0v) is 9.50. The van der Waals surface area contributed by atoms with Gasteiger partial charge < -0.3 is 5.32 Å². The van der Waals surface area contributed by atoms with Gasteiger partial charge in [0.05, 0.1) is 6.04 Å². The Bertz CT molecular complexity index is 391. The number of rotatable bonds is 4. The molecule has 0 aliphatic carbocycles. The molecular weight excluding hydrogens is 221 g/mol. The summed E-state index contributed by atoms with van der Waals surface area (Å²) in [6.45, 7) is 1.48. The lowest BCUT2D eigenvalue weighted by Gasteiger charge is -2.10. The summed E-state index contributed by atoms with van der Waals surface area (Å²) in [5.41, 5.74) is 6.74. The van der Waals surface area contributed by atoms with Crippen LogP contribution in [-0.4, -0.2) is 25.0 Å². The average molecular weight is 237 g/mol. The van der Waals surface area contributed by atoms with E-state index in [1.807, 2.05) is 6.07 Å². The fourth-order valence-electron chi connectivity index (χ4n) is 1.82. The van der Waals surface area contributed by atoms with Crippen LogP contribution in [0.15, 0.2) is 24.3 Å². The molecule has 0 bridgehead atoms. The molecule has 1 aliphatic rings. The van der Waals surface area contributed by atoms with E-state index in [1.54, 1.807) is 6.07 Å². The van der Waals surface area contributed by atoms with Gasteiger partial charge in [0, 0.05) is 19.5 Å². The largest absolute Gasteiger partial charge is 0.351 e. The number of amides is 1. The third kappa shape index (κ3) is 3.80. The first-order chi connectivity index (χ1) is 8.24. The number of carbonyl (C=O) groups excluding carboxylic acids is 1. The van der Waals surface area contributed by atoms with Crippen molar-refractivity contribution < 1.29 is 9.18 Å². The van der Waals surface area contributed by atoms with Crippen molar-refractivity contribution in [3.8, 4) is 0 Å². The molecule has 1 aromatic rings. The van der Waals surface area contributed by atoms with Gasteiger partial charge in [-0.25, -0.2) is 4.39 Å². The fourth-order valence-corrected chi connectivity index (χ4v) is 1.82. The molecule has 2 rings (SSSR count). The van der Waals surface area contributed by atoms with Crippen LogP contribution in [0.25, 0.3) is 0 Å². The van der Waals surface area contributed by atoms with Crippen molar-refractivity contribution in [2.75, 3.05) is 13.1 Å². The molecule has 1 aliphatic heterocycles. The zero-order valence-electron chi connectivity index (χ0n) is 9.50. The summed E-state index contributed by atoms with van der Waals surface area (Å²) < 4.78 is 12.9. The van der Waals surface area contributed by atoms with Gasteiger partial charge in [-0.15, -0.1) is 0 Å². The summed E-state index contributed by atoms with van der Waals surface area (Å²) in [5, 5.41) is 2.91. The summed E-state index contributed by atoms with van der Waals surface area (Å²) in [5.74, 6) is -0.253. The molecule has 1 amide bonds. The highest BCUT2D eigenvalue weighted by molar-refractivity contribution is 5.76. The lowest BCUT2D eigenvalue weighted by molar-refractivity contribution is -0.121. The molecule has 17 heavy (non-hydrogen) atoms. The number of halogens is 1. The maximum Gasteiger partial charge on any atom is 0.220 e. The number of hydrazine groups is 1. The Hall–Kier alpha value is -1.46. The molecule has 5 heteroatoms. The van der Waals surface area contributed by atoms with E-state index in [1.165, 1.54) is 12.1 Å². The molecule has 0 radical (unpaired) electrons. The second kappa shape index (κ2) is 5.75. The molecule has 0 unspecified atom stereocenters. The Balaban J connectivity index is 1.75. The molecule has 1 saturated heterocycles. The van der Waals surface area contributed by atoms with Crippen molar-refractivity contribution in [1.82, 2.24) is 16.2 Å². The average Bonchev–Trinajstić information content (AvgIpc) is 2.79. The van der Waals surface area contributed by atoms with Gasteiger partial charge >= 0.3 is 0 Å². The van der Waals surface area contributed by atoms with E-state index in [9.17, 15) is 9.18 Å².